The quantitative estimate of drug-likeness (QED) is 0.692. The first-order valence-electron chi connectivity index (χ1n) is 9.31. The van der Waals surface area contributed by atoms with Crippen molar-refractivity contribution in [1.29, 1.82) is 5.26 Å². The van der Waals surface area contributed by atoms with E-state index in [1.54, 1.807) is 13.0 Å². The monoisotopic (exact) mass is 390 g/mol. The molecule has 1 aliphatic heterocycles. The van der Waals surface area contributed by atoms with E-state index < -0.39 is 34.9 Å². The van der Waals surface area contributed by atoms with Gasteiger partial charge in [-0.2, -0.15) is 5.26 Å². The molecule has 0 bridgehead atoms. The third kappa shape index (κ3) is 4.16. The van der Waals surface area contributed by atoms with Crippen LogP contribution in [-0.4, -0.2) is 31.8 Å². The molecule has 6 nitrogen and oxygen atoms in total. The number of allylic oxidation sites excluding steroid dienone is 6. The van der Waals surface area contributed by atoms with Crippen LogP contribution in [0.2, 0.25) is 0 Å². The molecule has 0 radical (unpaired) electrons. The van der Waals surface area contributed by atoms with Crippen molar-refractivity contribution in [3.05, 3.63) is 47.4 Å². The molecule has 3 aliphatic rings. The Kier molecular flexibility index (Phi) is 5.96. The smallest absolute Gasteiger partial charge is 0.323 e. The van der Waals surface area contributed by atoms with Crippen molar-refractivity contribution < 1.29 is 18.3 Å². The molecule has 0 spiro atoms. The van der Waals surface area contributed by atoms with Crippen molar-refractivity contribution in [2.75, 3.05) is 19.7 Å². The van der Waals surface area contributed by atoms with Gasteiger partial charge in [0.25, 0.3) is 0 Å². The van der Waals surface area contributed by atoms with Crippen LogP contribution in [0.3, 0.4) is 0 Å². The lowest BCUT2D eigenvalue weighted by Gasteiger charge is -2.39. The van der Waals surface area contributed by atoms with Crippen LogP contribution in [0.4, 0.5) is 13.6 Å². The Morgan fingerprint density at radius 3 is 2.86 bits per heavy atom. The average molecular weight is 390 g/mol. The lowest BCUT2D eigenvalue weighted by molar-refractivity contribution is -0.0319. The summed E-state index contributed by atoms with van der Waals surface area (Å²) in [5, 5.41) is 17.2. The second-order valence-electron chi connectivity index (χ2n) is 7.53. The zero-order valence-corrected chi connectivity index (χ0v) is 15.9. The highest BCUT2D eigenvalue weighted by Crippen LogP contribution is 2.38. The summed E-state index contributed by atoms with van der Waals surface area (Å²) in [6.07, 6.45) is 6.04. The molecule has 0 aromatic rings. The average Bonchev–Trinajstić information content (AvgIpc) is 2.68. The topological polar surface area (TPSA) is 86.2 Å². The maximum absolute atomic E-state index is 14.6. The van der Waals surface area contributed by atoms with Crippen LogP contribution >= 0.6 is 0 Å². The van der Waals surface area contributed by atoms with Crippen LogP contribution in [0.5, 0.6) is 0 Å². The lowest BCUT2D eigenvalue weighted by Crippen LogP contribution is -2.47. The molecule has 3 rings (SSSR count). The molecule has 0 aromatic heterocycles. The predicted molar refractivity (Wildman–Crippen MR) is 99.8 cm³/mol. The Morgan fingerprint density at radius 2 is 2.21 bits per heavy atom. The standard InChI is InChI=1S/C20H24F2N4O2/c1-12-13(10-23)3-4-14(21)18(12)26-19(27)25-16-5-6-20(2,9-15(16)22)17-11-24-7-8-28-17/h3-5,9,12-13,17,24H,6-8,11H2,1-2H3,(H2,25,26,27)/t12?,13?,17-,20?/m0/s1. The number of rotatable bonds is 3. The van der Waals surface area contributed by atoms with Gasteiger partial charge in [-0.1, -0.05) is 26.0 Å². The van der Waals surface area contributed by atoms with Crippen LogP contribution in [-0.2, 0) is 4.74 Å². The van der Waals surface area contributed by atoms with Gasteiger partial charge in [-0.05, 0) is 18.6 Å². The van der Waals surface area contributed by atoms with Crippen molar-refractivity contribution in [3.63, 3.8) is 0 Å². The number of nitriles is 1. The van der Waals surface area contributed by atoms with E-state index in [0.717, 1.165) is 12.6 Å². The number of ether oxygens (including phenoxy) is 1. The third-order valence-electron chi connectivity index (χ3n) is 5.47. The first kappa shape index (κ1) is 20.2. The number of carbonyl (C=O) groups excluding carboxylic acids is 1. The SMILES string of the molecule is CC1C(NC(=O)NC2=CCC(C)([C@@H]3CNCCO3)C=C2F)=C(F)C=CC1C#N. The van der Waals surface area contributed by atoms with E-state index in [1.165, 1.54) is 12.2 Å². The van der Waals surface area contributed by atoms with E-state index in [1.807, 2.05) is 13.0 Å². The van der Waals surface area contributed by atoms with Gasteiger partial charge in [0.15, 0.2) is 0 Å². The predicted octanol–water partition coefficient (Wildman–Crippen LogP) is 2.95. The van der Waals surface area contributed by atoms with Gasteiger partial charge >= 0.3 is 6.03 Å². The summed E-state index contributed by atoms with van der Waals surface area (Å²) in [4.78, 5) is 12.3. The molecule has 0 saturated carbocycles. The Balaban J connectivity index is 1.64. The van der Waals surface area contributed by atoms with Crippen molar-refractivity contribution >= 4 is 6.03 Å². The van der Waals surface area contributed by atoms with Gasteiger partial charge in [-0.3, -0.25) is 0 Å². The normalized spacial score (nSPS) is 32.9. The summed E-state index contributed by atoms with van der Waals surface area (Å²) in [5.41, 5.74) is -0.467. The summed E-state index contributed by atoms with van der Waals surface area (Å²) in [6.45, 7) is 5.54. The van der Waals surface area contributed by atoms with Gasteiger partial charge < -0.3 is 20.7 Å². The molecule has 1 saturated heterocycles. The van der Waals surface area contributed by atoms with E-state index in [2.05, 4.69) is 16.0 Å². The second kappa shape index (κ2) is 8.25. The molecule has 1 heterocycles. The minimum atomic E-state index is -0.752. The zero-order valence-electron chi connectivity index (χ0n) is 15.9. The highest BCUT2D eigenvalue weighted by molar-refractivity contribution is 5.79. The van der Waals surface area contributed by atoms with Gasteiger partial charge in [0.2, 0.25) is 0 Å². The van der Waals surface area contributed by atoms with Crippen LogP contribution in [0.1, 0.15) is 20.3 Å². The maximum atomic E-state index is 14.6. The second-order valence-corrected chi connectivity index (χ2v) is 7.53. The zero-order chi connectivity index (χ0) is 20.3. The fraction of sp³-hybridized carbons (Fsp3) is 0.500. The Labute approximate surface area is 163 Å². The lowest BCUT2D eigenvalue weighted by atomic mass is 9.77. The highest BCUT2D eigenvalue weighted by atomic mass is 19.1. The van der Waals surface area contributed by atoms with Gasteiger partial charge in [-0.25, -0.2) is 13.6 Å². The fourth-order valence-electron chi connectivity index (χ4n) is 3.62. The minimum Gasteiger partial charge on any atom is -0.375 e. The molecular weight excluding hydrogens is 366 g/mol. The molecule has 2 aliphatic carbocycles. The fourth-order valence-corrected chi connectivity index (χ4v) is 3.62. The first-order chi connectivity index (χ1) is 13.3. The number of nitrogens with zero attached hydrogens (tertiary/aromatic N) is 1. The number of amides is 2. The molecule has 1 fully saturated rings. The molecule has 0 aromatic carbocycles. The molecule has 4 atom stereocenters. The number of urea groups is 1. The van der Waals surface area contributed by atoms with Crippen LogP contribution in [0, 0.1) is 28.6 Å². The van der Waals surface area contributed by atoms with Gasteiger partial charge in [0.05, 0.1) is 36.1 Å². The summed E-state index contributed by atoms with van der Waals surface area (Å²) in [7, 11) is 0. The Hall–Kier alpha value is -2.50. The van der Waals surface area contributed by atoms with Crippen molar-refractivity contribution in [3.8, 4) is 6.07 Å². The number of hydrogen-bond donors (Lipinski definition) is 3. The minimum absolute atomic E-state index is 0.0128. The highest BCUT2D eigenvalue weighted by Gasteiger charge is 2.37. The molecule has 2 amide bonds. The van der Waals surface area contributed by atoms with Gasteiger partial charge in [0, 0.05) is 24.4 Å². The molecule has 150 valence electrons. The van der Waals surface area contributed by atoms with Gasteiger partial charge in [0.1, 0.15) is 11.7 Å². The summed E-state index contributed by atoms with van der Waals surface area (Å²) >= 11 is 0. The van der Waals surface area contributed by atoms with Crippen LogP contribution in [0.15, 0.2) is 47.4 Å². The molecule has 8 heteroatoms. The van der Waals surface area contributed by atoms with E-state index in [0.29, 0.717) is 19.6 Å². The number of halogens is 2. The first-order valence-corrected chi connectivity index (χ1v) is 9.31. The maximum Gasteiger partial charge on any atom is 0.323 e. The summed E-state index contributed by atoms with van der Waals surface area (Å²) in [6, 6.07) is 1.30. The Bertz CT molecular complexity index is 806. The summed E-state index contributed by atoms with van der Waals surface area (Å²) < 4.78 is 34.4. The van der Waals surface area contributed by atoms with E-state index in [-0.39, 0.29) is 17.5 Å². The van der Waals surface area contributed by atoms with E-state index in [9.17, 15) is 13.6 Å². The Morgan fingerprint density at radius 1 is 1.43 bits per heavy atom. The summed E-state index contributed by atoms with van der Waals surface area (Å²) in [5.74, 6) is -2.22. The molecule has 28 heavy (non-hydrogen) atoms. The molecule has 3 unspecified atom stereocenters. The molecular formula is C20H24F2N4O2. The number of nitrogens with one attached hydrogen (secondary N) is 3. The number of morpholine rings is 1. The molecule has 3 N–H and O–H groups in total. The van der Waals surface area contributed by atoms with Crippen molar-refractivity contribution in [1.82, 2.24) is 16.0 Å². The van der Waals surface area contributed by atoms with E-state index >= 15 is 0 Å². The van der Waals surface area contributed by atoms with Crippen molar-refractivity contribution in [2.24, 2.45) is 17.3 Å². The number of hydrogen-bond acceptors (Lipinski definition) is 4. The largest absolute Gasteiger partial charge is 0.375 e. The van der Waals surface area contributed by atoms with Crippen LogP contribution in [0.25, 0.3) is 0 Å². The van der Waals surface area contributed by atoms with Gasteiger partial charge in [-0.15, -0.1) is 0 Å². The van der Waals surface area contributed by atoms with E-state index in [4.69, 9.17) is 10.00 Å². The van der Waals surface area contributed by atoms with Crippen LogP contribution < -0.4 is 16.0 Å². The number of carbonyl (C=O) groups is 1. The van der Waals surface area contributed by atoms with Crippen molar-refractivity contribution in [2.45, 2.75) is 26.4 Å². The third-order valence-corrected chi connectivity index (χ3v) is 5.47.